The minimum absolute atomic E-state index is 0.128. The van der Waals surface area contributed by atoms with Crippen molar-refractivity contribution in [1.82, 2.24) is 9.62 Å². The van der Waals surface area contributed by atoms with Gasteiger partial charge in [0.1, 0.15) is 0 Å². The molecule has 1 fully saturated rings. The highest BCUT2D eigenvalue weighted by Gasteiger charge is 2.28. The molecule has 4 rings (SSSR count). The molecule has 0 saturated carbocycles. The van der Waals surface area contributed by atoms with Crippen LogP contribution in [0.25, 0.3) is 0 Å². The summed E-state index contributed by atoms with van der Waals surface area (Å²) in [5.74, 6) is 0.610. The summed E-state index contributed by atoms with van der Waals surface area (Å²) >= 11 is 7.91. The van der Waals surface area contributed by atoms with Gasteiger partial charge in [-0.2, -0.15) is 4.31 Å². The standard InChI is InChI=1S/C21H23ClN2O4S2/c1-14-2-4-16(30(26,27)24-7-9-28-10-8-24)13-17(14)21(25)23-19-6-11-29-20-5-3-15(22)12-18(19)20/h2-5,12-13,19H,6-11H2,1H3,(H,23,25). The Hall–Kier alpha value is -1.58. The van der Waals surface area contributed by atoms with Gasteiger partial charge in [-0.25, -0.2) is 8.42 Å². The molecule has 1 atom stereocenters. The van der Waals surface area contributed by atoms with Gasteiger partial charge in [-0.3, -0.25) is 4.79 Å². The molecule has 9 heteroatoms. The number of morpholine rings is 1. The third-order valence-electron chi connectivity index (χ3n) is 5.38. The summed E-state index contributed by atoms with van der Waals surface area (Å²) in [6.07, 6.45) is 0.786. The number of fused-ring (bicyclic) bond motifs is 1. The van der Waals surface area contributed by atoms with E-state index in [0.717, 1.165) is 28.2 Å². The molecule has 2 aliphatic heterocycles. The molecule has 2 aliphatic rings. The second-order valence-electron chi connectivity index (χ2n) is 7.34. The normalized spacial score (nSPS) is 19.9. The first kappa shape index (κ1) is 21.6. The minimum atomic E-state index is -3.67. The molecule has 160 valence electrons. The van der Waals surface area contributed by atoms with Crippen molar-refractivity contribution in [2.75, 3.05) is 32.1 Å². The highest BCUT2D eigenvalue weighted by molar-refractivity contribution is 7.99. The molecule has 1 unspecified atom stereocenters. The number of aryl methyl sites for hydroxylation is 1. The molecule has 2 aromatic carbocycles. The molecular weight excluding hydrogens is 444 g/mol. The van der Waals surface area contributed by atoms with E-state index in [2.05, 4.69) is 5.32 Å². The van der Waals surface area contributed by atoms with E-state index >= 15 is 0 Å². The van der Waals surface area contributed by atoms with Crippen molar-refractivity contribution < 1.29 is 17.9 Å². The number of rotatable bonds is 4. The van der Waals surface area contributed by atoms with Crippen molar-refractivity contribution in [1.29, 1.82) is 0 Å². The highest BCUT2D eigenvalue weighted by Crippen LogP contribution is 2.37. The maximum Gasteiger partial charge on any atom is 0.252 e. The fourth-order valence-electron chi connectivity index (χ4n) is 3.69. The first-order chi connectivity index (χ1) is 14.4. The molecule has 1 saturated heterocycles. The van der Waals surface area contributed by atoms with Crippen LogP contribution in [0.4, 0.5) is 0 Å². The summed E-state index contributed by atoms with van der Waals surface area (Å²) in [6, 6.07) is 10.3. The zero-order chi connectivity index (χ0) is 21.3. The summed E-state index contributed by atoms with van der Waals surface area (Å²) in [4.78, 5) is 14.3. The lowest BCUT2D eigenvalue weighted by Gasteiger charge is -2.27. The van der Waals surface area contributed by atoms with Gasteiger partial charge < -0.3 is 10.1 Å². The predicted octanol–water partition coefficient (Wildman–Crippen LogP) is 3.64. The maximum atomic E-state index is 13.1. The molecule has 1 amide bonds. The first-order valence-corrected chi connectivity index (χ1v) is 12.6. The Kier molecular flexibility index (Phi) is 6.41. The number of amides is 1. The predicted molar refractivity (Wildman–Crippen MR) is 118 cm³/mol. The largest absolute Gasteiger partial charge is 0.379 e. The third-order valence-corrected chi connectivity index (χ3v) is 8.63. The van der Waals surface area contributed by atoms with Crippen molar-refractivity contribution >= 4 is 39.3 Å². The summed E-state index contributed by atoms with van der Waals surface area (Å²) < 4.78 is 32.6. The number of hydrogen-bond acceptors (Lipinski definition) is 5. The molecule has 0 aliphatic carbocycles. The topological polar surface area (TPSA) is 75.7 Å². The van der Waals surface area contributed by atoms with Crippen molar-refractivity contribution in [3.8, 4) is 0 Å². The summed E-state index contributed by atoms with van der Waals surface area (Å²) in [6.45, 7) is 3.19. The summed E-state index contributed by atoms with van der Waals surface area (Å²) in [7, 11) is -3.67. The number of carbonyl (C=O) groups excluding carboxylic acids is 1. The van der Waals surface area contributed by atoms with Crippen LogP contribution >= 0.6 is 23.4 Å². The zero-order valence-electron chi connectivity index (χ0n) is 16.6. The lowest BCUT2D eigenvalue weighted by Crippen LogP contribution is -2.40. The van der Waals surface area contributed by atoms with Crippen LogP contribution in [0, 0.1) is 6.92 Å². The van der Waals surface area contributed by atoms with Gasteiger partial charge in [0.25, 0.3) is 5.91 Å². The number of nitrogens with one attached hydrogen (secondary N) is 1. The number of benzene rings is 2. The van der Waals surface area contributed by atoms with Crippen LogP contribution in [0.3, 0.4) is 0 Å². The average Bonchev–Trinajstić information content (AvgIpc) is 2.75. The summed E-state index contributed by atoms with van der Waals surface area (Å²) in [5.41, 5.74) is 2.10. The molecule has 30 heavy (non-hydrogen) atoms. The minimum Gasteiger partial charge on any atom is -0.379 e. The average molecular weight is 467 g/mol. The number of sulfonamides is 1. The van der Waals surface area contributed by atoms with Crippen molar-refractivity contribution in [2.45, 2.75) is 29.2 Å². The van der Waals surface area contributed by atoms with E-state index in [-0.39, 0.29) is 16.8 Å². The van der Waals surface area contributed by atoms with Crippen LogP contribution in [0.1, 0.15) is 33.9 Å². The van der Waals surface area contributed by atoms with E-state index in [1.807, 2.05) is 25.1 Å². The van der Waals surface area contributed by atoms with Crippen molar-refractivity contribution in [3.05, 3.63) is 58.1 Å². The highest BCUT2D eigenvalue weighted by atomic mass is 35.5. The van der Waals surface area contributed by atoms with E-state index in [4.69, 9.17) is 16.3 Å². The second-order valence-corrected chi connectivity index (χ2v) is 10.8. The number of carbonyl (C=O) groups is 1. The van der Waals surface area contributed by atoms with E-state index < -0.39 is 10.0 Å². The zero-order valence-corrected chi connectivity index (χ0v) is 18.9. The van der Waals surface area contributed by atoms with Crippen molar-refractivity contribution in [3.63, 3.8) is 0 Å². The van der Waals surface area contributed by atoms with Crippen molar-refractivity contribution in [2.24, 2.45) is 0 Å². The Morgan fingerprint density at radius 1 is 1.20 bits per heavy atom. The number of hydrogen-bond donors (Lipinski definition) is 1. The van der Waals surface area contributed by atoms with Gasteiger partial charge >= 0.3 is 0 Å². The molecule has 0 aromatic heterocycles. The third kappa shape index (κ3) is 4.38. The lowest BCUT2D eigenvalue weighted by atomic mass is 10.0. The quantitative estimate of drug-likeness (QED) is 0.744. The number of ether oxygens (including phenoxy) is 1. The van der Waals surface area contributed by atoms with E-state index in [1.165, 1.54) is 10.4 Å². The Balaban J connectivity index is 1.60. The van der Waals surface area contributed by atoms with Crippen LogP contribution in [-0.2, 0) is 14.8 Å². The molecule has 0 bridgehead atoms. The van der Waals surface area contributed by atoms with E-state index in [0.29, 0.717) is 36.9 Å². The number of thioether (sulfide) groups is 1. The van der Waals surface area contributed by atoms with Crippen LogP contribution in [0.5, 0.6) is 0 Å². The van der Waals surface area contributed by atoms with Gasteiger partial charge in [0, 0.05) is 34.3 Å². The second kappa shape index (κ2) is 8.88. The Bertz CT molecular complexity index is 1070. The van der Waals surface area contributed by atoms with Gasteiger partial charge in [0.05, 0.1) is 24.2 Å². The van der Waals surface area contributed by atoms with Crippen LogP contribution in [-0.4, -0.2) is 50.7 Å². The Labute approximate surface area is 186 Å². The molecule has 0 radical (unpaired) electrons. The van der Waals surface area contributed by atoms with Gasteiger partial charge in [0.15, 0.2) is 0 Å². The smallest absolute Gasteiger partial charge is 0.252 e. The number of nitrogens with zero attached hydrogens (tertiary/aromatic N) is 1. The molecule has 2 heterocycles. The van der Waals surface area contributed by atoms with Crippen LogP contribution < -0.4 is 5.32 Å². The molecule has 2 aromatic rings. The first-order valence-electron chi connectivity index (χ1n) is 9.78. The molecule has 6 nitrogen and oxygen atoms in total. The fourth-order valence-corrected chi connectivity index (χ4v) is 6.41. The van der Waals surface area contributed by atoms with Gasteiger partial charge in [-0.1, -0.05) is 17.7 Å². The van der Waals surface area contributed by atoms with E-state index in [9.17, 15) is 13.2 Å². The lowest BCUT2D eigenvalue weighted by molar-refractivity contribution is 0.0730. The monoisotopic (exact) mass is 466 g/mol. The molecule has 1 N–H and O–H groups in total. The molecule has 0 spiro atoms. The van der Waals surface area contributed by atoms with E-state index in [1.54, 1.807) is 23.9 Å². The van der Waals surface area contributed by atoms with Gasteiger partial charge in [-0.05, 0) is 54.8 Å². The van der Waals surface area contributed by atoms with Gasteiger partial charge in [-0.15, -0.1) is 11.8 Å². The molecular formula is C21H23ClN2O4S2. The SMILES string of the molecule is Cc1ccc(S(=O)(=O)N2CCOCC2)cc1C(=O)NC1CCSc2ccc(Cl)cc21. The number of halogens is 1. The van der Waals surface area contributed by atoms with Crippen LogP contribution in [0.2, 0.25) is 5.02 Å². The Morgan fingerprint density at radius 3 is 2.73 bits per heavy atom. The summed E-state index contributed by atoms with van der Waals surface area (Å²) in [5, 5.41) is 3.71. The van der Waals surface area contributed by atoms with Gasteiger partial charge in [0.2, 0.25) is 10.0 Å². The van der Waals surface area contributed by atoms with Crippen LogP contribution in [0.15, 0.2) is 46.2 Å². The Morgan fingerprint density at radius 2 is 1.97 bits per heavy atom. The fraction of sp³-hybridized carbons (Fsp3) is 0.381. The maximum absolute atomic E-state index is 13.1.